The molecule has 5 heteroatoms. The molecule has 4 nitrogen and oxygen atoms in total. The van der Waals surface area contributed by atoms with Gasteiger partial charge in [-0.15, -0.1) is 5.10 Å². The van der Waals surface area contributed by atoms with Gasteiger partial charge in [0.05, 0.1) is 18.0 Å². The lowest BCUT2D eigenvalue weighted by Crippen LogP contribution is -2.17. The van der Waals surface area contributed by atoms with Crippen molar-refractivity contribution in [3.05, 3.63) is 47.8 Å². The predicted molar refractivity (Wildman–Crippen MR) is 77.6 cm³/mol. The van der Waals surface area contributed by atoms with Crippen LogP contribution in [0.2, 0.25) is 0 Å². The smallest absolute Gasteiger partial charge is 0.192 e. The van der Waals surface area contributed by atoms with E-state index in [1.54, 1.807) is 22.6 Å². The Hall–Kier alpha value is -1.62. The number of nitrogens with zero attached hydrogens (tertiary/aromatic N) is 3. The van der Waals surface area contributed by atoms with E-state index in [2.05, 4.69) is 10.3 Å². The molecular weight excluding hydrogens is 258 g/mol. The Kier molecular flexibility index (Phi) is 4.74. The first-order valence-corrected chi connectivity index (χ1v) is 7.45. The zero-order valence-electron chi connectivity index (χ0n) is 11.1. The van der Waals surface area contributed by atoms with E-state index >= 15 is 0 Å². The minimum Gasteiger partial charge on any atom is -0.291 e. The first-order chi connectivity index (χ1) is 9.24. The van der Waals surface area contributed by atoms with Crippen LogP contribution in [0, 0.1) is 0 Å². The molecule has 1 aromatic carbocycles. The molecule has 0 saturated carbocycles. The van der Waals surface area contributed by atoms with Crippen LogP contribution in [0.3, 0.4) is 0 Å². The lowest BCUT2D eigenvalue weighted by molar-refractivity contribution is 0.101. The molecule has 0 amide bonds. The summed E-state index contributed by atoms with van der Waals surface area (Å²) in [5.74, 6) is 1.49. The number of Topliss-reactive ketones (excluding diaryl/α,β-unsaturated/α-hetero) is 1. The van der Waals surface area contributed by atoms with Gasteiger partial charge in [0.15, 0.2) is 5.78 Å². The van der Waals surface area contributed by atoms with Gasteiger partial charge in [0.25, 0.3) is 0 Å². The highest BCUT2D eigenvalue weighted by Gasteiger charge is 2.18. The average Bonchev–Trinajstić information content (AvgIpc) is 2.94. The van der Waals surface area contributed by atoms with Crippen molar-refractivity contribution in [1.82, 2.24) is 15.0 Å². The zero-order chi connectivity index (χ0) is 13.7. The number of hydrogen-bond donors (Lipinski definition) is 0. The zero-order valence-corrected chi connectivity index (χ0v) is 11.9. The second-order valence-corrected chi connectivity index (χ2v) is 5.49. The topological polar surface area (TPSA) is 47.8 Å². The molecule has 2 aromatic rings. The Balaban J connectivity index is 2.22. The summed E-state index contributed by atoms with van der Waals surface area (Å²) in [6, 6.07) is 10.0. The van der Waals surface area contributed by atoms with Crippen LogP contribution in [0.25, 0.3) is 0 Å². The van der Waals surface area contributed by atoms with Crippen LogP contribution < -0.4 is 0 Å². The largest absolute Gasteiger partial charge is 0.291 e. The van der Waals surface area contributed by atoms with Crippen molar-refractivity contribution in [3.8, 4) is 0 Å². The monoisotopic (exact) mass is 275 g/mol. The fourth-order valence-corrected chi connectivity index (χ4v) is 2.41. The molecule has 0 fully saturated rings. The summed E-state index contributed by atoms with van der Waals surface area (Å²) in [5, 5.41) is 7.94. The molecule has 0 radical (unpaired) electrons. The number of aromatic nitrogens is 3. The minimum absolute atomic E-state index is 0.00859. The van der Waals surface area contributed by atoms with Gasteiger partial charge in [-0.25, -0.2) is 4.68 Å². The third-order valence-electron chi connectivity index (χ3n) is 2.95. The molecule has 0 unspecified atom stereocenters. The van der Waals surface area contributed by atoms with E-state index in [9.17, 15) is 4.79 Å². The van der Waals surface area contributed by atoms with Gasteiger partial charge in [0, 0.05) is 0 Å². The van der Waals surface area contributed by atoms with Gasteiger partial charge in [-0.3, -0.25) is 4.79 Å². The quantitative estimate of drug-likeness (QED) is 0.761. The van der Waals surface area contributed by atoms with Gasteiger partial charge in [0.1, 0.15) is 5.69 Å². The molecule has 0 saturated heterocycles. The van der Waals surface area contributed by atoms with E-state index in [0.717, 1.165) is 11.3 Å². The Labute approximate surface area is 117 Å². The maximum atomic E-state index is 12.1. The molecule has 0 aliphatic carbocycles. The molecule has 1 heterocycles. The van der Waals surface area contributed by atoms with Crippen molar-refractivity contribution in [2.45, 2.75) is 19.9 Å². The normalized spacial score (nSPS) is 12.3. The minimum atomic E-state index is 0.00859. The summed E-state index contributed by atoms with van der Waals surface area (Å²) >= 11 is 1.61. The molecule has 1 atom stereocenters. The molecule has 0 aliphatic heterocycles. The SMILES string of the molecule is CCSCC(=O)c1cnnn1[C@H](C)c1ccccc1. The summed E-state index contributed by atoms with van der Waals surface area (Å²) in [6.07, 6.45) is 1.55. The van der Waals surface area contributed by atoms with Crippen molar-refractivity contribution in [2.75, 3.05) is 11.5 Å². The van der Waals surface area contributed by atoms with Crippen LogP contribution in [0.4, 0.5) is 0 Å². The number of ketones is 1. The highest BCUT2D eigenvalue weighted by atomic mass is 32.2. The van der Waals surface area contributed by atoms with Gasteiger partial charge in [0.2, 0.25) is 0 Å². The van der Waals surface area contributed by atoms with Crippen molar-refractivity contribution in [2.24, 2.45) is 0 Å². The van der Waals surface area contributed by atoms with Crippen molar-refractivity contribution in [1.29, 1.82) is 0 Å². The van der Waals surface area contributed by atoms with E-state index in [1.807, 2.05) is 44.2 Å². The maximum Gasteiger partial charge on any atom is 0.192 e. The molecule has 0 N–H and O–H groups in total. The van der Waals surface area contributed by atoms with Crippen molar-refractivity contribution < 1.29 is 4.79 Å². The van der Waals surface area contributed by atoms with Gasteiger partial charge >= 0.3 is 0 Å². The van der Waals surface area contributed by atoms with E-state index in [0.29, 0.717) is 11.4 Å². The highest BCUT2D eigenvalue weighted by Crippen LogP contribution is 2.18. The molecule has 2 rings (SSSR count). The lowest BCUT2D eigenvalue weighted by Gasteiger charge is -2.14. The van der Waals surface area contributed by atoms with Gasteiger partial charge in [-0.2, -0.15) is 11.8 Å². The molecule has 0 aliphatic rings. The second kappa shape index (κ2) is 6.52. The van der Waals surface area contributed by atoms with Gasteiger partial charge < -0.3 is 0 Å². The van der Waals surface area contributed by atoms with Crippen LogP contribution in [0.15, 0.2) is 36.5 Å². The molecule has 100 valence electrons. The molecule has 19 heavy (non-hydrogen) atoms. The maximum absolute atomic E-state index is 12.1. The first-order valence-electron chi connectivity index (χ1n) is 6.30. The van der Waals surface area contributed by atoms with Crippen LogP contribution in [-0.2, 0) is 0 Å². The Morgan fingerprint density at radius 1 is 1.37 bits per heavy atom. The Bertz CT molecular complexity index is 539. The molecule has 1 aromatic heterocycles. The molecule has 0 bridgehead atoms. The summed E-state index contributed by atoms with van der Waals surface area (Å²) in [7, 11) is 0. The molecular formula is C14H17N3OS. The number of thioether (sulfide) groups is 1. The van der Waals surface area contributed by atoms with Crippen LogP contribution in [-0.4, -0.2) is 32.3 Å². The van der Waals surface area contributed by atoms with E-state index in [1.165, 1.54) is 0 Å². The lowest BCUT2D eigenvalue weighted by atomic mass is 10.1. The average molecular weight is 275 g/mol. The standard InChI is InChI=1S/C14H17N3OS/c1-3-19-10-14(18)13-9-15-16-17(13)11(2)12-7-5-4-6-8-12/h4-9,11H,3,10H2,1-2H3/t11-/m1/s1. The van der Waals surface area contributed by atoms with Gasteiger partial charge in [-0.1, -0.05) is 42.5 Å². The fourth-order valence-electron chi connectivity index (χ4n) is 1.87. The Morgan fingerprint density at radius 3 is 2.79 bits per heavy atom. The van der Waals surface area contributed by atoms with E-state index < -0.39 is 0 Å². The fraction of sp³-hybridized carbons (Fsp3) is 0.357. The van der Waals surface area contributed by atoms with Gasteiger partial charge in [-0.05, 0) is 18.2 Å². The summed E-state index contributed by atoms with van der Waals surface area (Å²) < 4.78 is 1.70. The Morgan fingerprint density at radius 2 is 2.11 bits per heavy atom. The predicted octanol–water partition coefficient (Wildman–Crippen LogP) is 2.82. The van der Waals surface area contributed by atoms with Crippen LogP contribution >= 0.6 is 11.8 Å². The summed E-state index contributed by atoms with van der Waals surface area (Å²) in [6.45, 7) is 4.06. The number of rotatable bonds is 6. The third-order valence-corrected chi connectivity index (χ3v) is 3.82. The highest BCUT2D eigenvalue weighted by molar-refractivity contribution is 7.99. The third kappa shape index (κ3) is 3.23. The number of carbonyl (C=O) groups is 1. The van der Waals surface area contributed by atoms with Crippen LogP contribution in [0.5, 0.6) is 0 Å². The van der Waals surface area contributed by atoms with Crippen LogP contribution in [0.1, 0.15) is 35.9 Å². The molecule has 0 spiro atoms. The summed E-state index contributed by atoms with van der Waals surface area (Å²) in [5.41, 5.74) is 1.70. The van der Waals surface area contributed by atoms with E-state index in [4.69, 9.17) is 0 Å². The number of hydrogen-bond acceptors (Lipinski definition) is 4. The summed E-state index contributed by atoms with van der Waals surface area (Å²) in [4.78, 5) is 12.1. The second-order valence-electron chi connectivity index (χ2n) is 4.21. The first kappa shape index (κ1) is 13.8. The number of benzene rings is 1. The van der Waals surface area contributed by atoms with Crippen molar-refractivity contribution in [3.63, 3.8) is 0 Å². The number of carbonyl (C=O) groups excluding carboxylic acids is 1. The van der Waals surface area contributed by atoms with E-state index in [-0.39, 0.29) is 11.8 Å². The van der Waals surface area contributed by atoms with Crippen molar-refractivity contribution >= 4 is 17.5 Å².